The lowest BCUT2D eigenvalue weighted by molar-refractivity contribution is 1.33. The summed E-state index contributed by atoms with van der Waals surface area (Å²) >= 11 is 17.2. The fraction of sp³-hybridized carbons (Fsp3) is 0.0769. The van der Waals surface area contributed by atoms with Gasteiger partial charge in [0, 0.05) is 16.9 Å². The van der Waals surface area contributed by atoms with Gasteiger partial charge in [-0.2, -0.15) is 0 Å². The van der Waals surface area contributed by atoms with E-state index in [0.717, 1.165) is 11.3 Å². The third-order valence-corrected chi connectivity index (χ3v) is 3.35. The highest BCUT2D eigenvalue weighted by Gasteiger charge is 2.04. The zero-order valence-electron chi connectivity index (χ0n) is 10.1. The van der Waals surface area contributed by atoms with E-state index in [4.69, 9.17) is 35.4 Å². The number of nitrogens with one attached hydrogen (secondary N) is 2. The number of thiocarbonyl (C=S) groups is 1. The fourth-order valence-corrected chi connectivity index (χ4v) is 2.01. The summed E-state index contributed by atoms with van der Waals surface area (Å²) < 4.78 is 0. The molecule has 0 aliphatic carbocycles. The first kappa shape index (κ1) is 14.1. The summed E-state index contributed by atoms with van der Waals surface area (Å²) in [5, 5.41) is 7.49. The lowest BCUT2D eigenvalue weighted by atomic mass is 10.2. The average Bonchev–Trinajstić information content (AvgIpc) is 2.37. The van der Waals surface area contributed by atoms with E-state index in [1.54, 1.807) is 18.3 Å². The molecule has 0 saturated heterocycles. The number of aryl methyl sites for hydroxylation is 1. The molecule has 0 saturated carbocycles. The molecule has 19 heavy (non-hydrogen) atoms. The predicted octanol–water partition coefficient (Wildman–Crippen LogP) is 4.51. The van der Waals surface area contributed by atoms with Crippen LogP contribution in [0.5, 0.6) is 0 Å². The SMILES string of the molecule is Cc1ccc(NC(=S)Nc2cccnc2Cl)cc1Cl. The smallest absolute Gasteiger partial charge is 0.175 e. The Hall–Kier alpha value is -1.36. The van der Waals surface area contributed by atoms with Crippen LogP contribution in [0.1, 0.15) is 5.56 Å². The Kier molecular flexibility index (Phi) is 4.58. The summed E-state index contributed by atoms with van der Waals surface area (Å²) in [6.45, 7) is 1.94. The van der Waals surface area contributed by atoms with Crippen LogP contribution in [0.3, 0.4) is 0 Å². The van der Waals surface area contributed by atoms with E-state index in [1.807, 2.05) is 25.1 Å². The van der Waals surface area contributed by atoms with Crippen LogP contribution in [0.25, 0.3) is 0 Å². The van der Waals surface area contributed by atoms with Gasteiger partial charge in [-0.15, -0.1) is 0 Å². The third kappa shape index (κ3) is 3.80. The molecule has 0 aliphatic rings. The van der Waals surface area contributed by atoms with Crippen molar-refractivity contribution in [1.82, 2.24) is 4.98 Å². The van der Waals surface area contributed by atoms with E-state index in [0.29, 0.717) is 21.0 Å². The number of nitrogens with zero attached hydrogens (tertiary/aromatic N) is 1. The number of pyridine rings is 1. The van der Waals surface area contributed by atoms with Crippen LogP contribution in [0, 0.1) is 6.92 Å². The quantitative estimate of drug-likeness (QED) is 0.632. The van der Waals surface area contributed by atoms with Gasteiger partial charge >= 0.3 is 0 Å². The Bertz CT molecular complexity index is 617. The second kappa shape index (κ2) is 6.19. The molecule has 98 valence electrons. The third-order valence-electron chi connectivity index (χ3n) is 2.44. The standard InChI is InChI=1S/C13H11Cl2N3S/c1-8-4-5-9(7-10(8)14)17-13(19)18-11-3-2-6-16-12(11)15/h2-7H,1H3,(H2,17,18,19). The molecule has 1 aromatic carbocycles. The first-order valence-electron chi connectivity index (χ1n) is 5.51. The topological polar surface area (TPSA) is 37.0 Å². The summed E-state index contributed by atoms with van der Waals surface area (Å²) in [6, 6.07) is 9.21. The molecular weight excluding hydrogens is 301 g/mol. The van der Waals surface area contributed by atoms with Crippen LogP contribution in [-0.4, -0.2) is 10.1 Å². The minimum absolute atomic E-state index is 0.369. The number of hydrogen-bond donors (Lipinski definition) is 2. The van der Waals surface area contributed by atoms with Gasteiger partial charge in [-0.25, -0.2) is 4.98 Å². The molecule has 1 aromatic heterocycles. The van der Waals surface area contributed by atoms with Gasteiger partial charge in [0.15, 0.2) is 10.3 Å². The molecule has 2 aromatic rings. The highest BCUT2D eigenvalue weighted by atomic mass is 35.5. The van der Waals surface area contributed by atoms with E-state index in [9.17, 15) is 0 Å². The van der Waals surface area contributed by atoms with Gasteiger partial charge < -0.3 is 10.6 Å². The van der Waals surface area contributed by atoms with Gasteiger partial charge in [0.1, 0.15) is 0 Å². The first-order chi connectivity index (χ1) is 9.06. The van der Waals surface area contributed by atoms with E-state index < -0.39 is 0 Å². The number of aromatic nitrogens is 1. The molecule has 0 unspecified atom stereocenters. The molecule has 0 radical (unpaired) electrons. The molecule has 0 aliphatic heterocycles. The van der Waals surface area contributed by atoms with E-state index in [1.165, 1.54) is 0 Å². The summed E-state index contributed by atoms with van der Waals surface area (Å²) in [5.74, 6) is 0. The number of anilines is 2. The van der Waals surface area contributed by atoms with Gasteiger partial charge in [0.25, 0.3) is 0 Å². The minimum atomic E-state index is 0.369. The van der Waals surface area contributed by atoms with Crippen molar-refractivity contribution in [1.29, 1.82) is 0 Å². The average molecular weight is 312 g/mol. The monoisotopic (exact) mass is 311 g/mol. The summed E-state index contributed by atoms with van der Waals surface area (Å²) in [6.07, 6.45) is 1.61. The fourth-order valence-electron chi connectivity index (χ4n) is 1.43. The lowest BCUT2D eigenvalue weighted by Gasteiger charge is -2.11. The van der Waals surface area contributed by atoms with E-state index in [-0.39, 0.29) is 0 Å². The second-order valence-corrected chi connectivity index (χ2v) is 5.06. The van der Waals surface area contributed by atoms with Crippen molar-refractivity contribution < 1.29 is 0 Å². The Labute approximate surface area is 127 Å². The second-order valence-electron chi connectivity index (χ2n) is 3.88. The van der Waals surface area contributed by atoms with Crippen LogP contribution in [-0.2, 0) is 0 Å². The summed E-state index contributed by atoms with van der Waals surface area (Å²) in [7, 11) is 0. The molecular formula is C13H11Cl2N3S. The summed E-state index contributed by atoms with van der Waals surface area (Å²) in [4.78, 5) is 3.96. The van der Waals surface area contributed by atoms with E-state index >= 15 is 0 Å². The molecule has 2 N–H and O–H groups in total. The molecule has 0 atom stereocenters. The van der Waals surface area contributed by atoms with Crippen molar-refractivity contribution >= 4 is 51.9 Å². The van der Waals surface area contributed by atoms with E-state index in [2.05, 4.69) is 15.6 Å². The number of rotatable bonds is 2. The minimum Gasteiger partial charge on any atom is -0.332 e. The number of halogens is 2. The maximum atomic E-state index is 6.05. The molecule has 3 nitrogen and oxygen atoms in total. The van der Waals surface area contributed by atoms with Crippen LogP contribution < -0.4 is 10.6 Å². The van der Waals surface area contributed by atoms with Crippen LogP contribution in [0.15, 0.2) is 36.5 Å². The maximum absolute atomic E-state index is 6.05. The van der Waals surface area contributed by atoms with Crippen molar-refractivity contribution in [3.05, 3.63) is 52.3 Å². The van der Waals surface area contributed by atoms with Gasteiger partial charge in [0.2, 0.25) is 0 Å². The molecule has 0 bridgehead atoms. The zero-order valence-corrected chi connectivity index (χ0v) is 12.4. The van der Waals surface area contributed by atoms with Crippen molar-refractivity contribution in [3.63, 3.8) is 0 Å². The molecule has 6 heteroatoms. The number of hydrogen-bond acceptors (Lipinski definition) is 2. The maximum Gasteiger partial charge on any atom is 0.175 e. The van der Waals surface area contributed by atoms with Crippen molar-refractivity contribution in [2.75, 3.05) is 10.6 Å². The summed E-state index contributed by atoms with van der Waals surface area (Å²) in [5.41, 5.74) is 2.48. The van der Waals surface area contributed by atoms with Crippen molar-refractivity contribution in [2.24, 2.45) is 0 Å². The Morgan fingerprint density at radius 1 is 1.21 bits per heavy atom. The molecule has 0 amide bonds. The zero-order chi connectivity index (χ0) is 13.8. The predicted molar refractivity (Wildman–Crippen MR) is 85.3 cm³/mol. The van der Waals surface area contributed by atoms with Gasteiger partial charge in [-0.3, -0.25) is 0 Å². The Morgan fingerprint density at radius 2 is 2.00 bits per heavy atom. The Balaban J connectivity index is 2.05. The molecule has 0 spiro atoms. The van der Waals surface area contributed by atoms with Gasteiger partial charge in [-0.1, -0.05) is 29.3 Å². The van der Waals surface area contributed by atoms with Crippen LogP contribution >= 0.6 is 35.4 Å². The highest BCUT2D eigenvalue weighted by Crippen LogP contribution is 2.21. The van der Waals surface area contributed by atoms with Gasteiger partial charge in [-0.05, 0) is 49.0 Å². The van der Waals surface area contributed by atoms with Crippen LogP contribution in [0.2, 0.25) is 10.2 Å². The normalized spacial score (nSPS) is 10.1. The van der Waals surface area contributed by atoms with Gasteiger partial charge in [0.05, 0.1) is 5.69 Å². The van der Waals surface area contributed by atoms with Crippen molar-refractivity contribution in [2.45, 2.75) is 6.92 Å². The number of benzene rings is 1. The highest BCUT2D eigenvalue weighted by molar-refractivity contribution is 7.80. The molecule has 0 fully saturated rings. The first-order valence-corrected chi connectivity index (χ1v) is 6.67. The molecule has 1 heterocycles. The largest absolute Gasteiger partial charge is 0.332 e. The Morgan fingerprint density at radius 3 is 2.68 bits per heavy atom. The van der Waals surface area contributed by atoms with Crippen molar-refractivity contribution in [3.8, 4) is 0 Å². The molecule has 2 rings (SSSR count). The van der Waals surface area contributed by atoms with Crippen LogP contribution in [0.4, 0.5) is 11.4 Å². The lowest BCUT2D eigenvalue weighted by Crippen LogP contribution is -2.19.